The molecule has 0 saturated heterocycles. The van der Waals surface area contributed by atoms with Crippen molar-refractivity contribution in [3.05, 3.63) is 12.7 Å². The molecule has 2 nitrogen and oxygen atoms in total. The van der Waals surface area contributed by atoms with Gasteiger partial charge in [-0.3, -0.25) is 0 Å². The fraction of sp³-hybridized carbons (Fsp3) is 0.714. The highest BCUT2D eigenvalue weighted by molar-refractivity contribution is 6.44. The highest BCUT2D eigenvalue weighted by Crippen LogP contribution is 1.96. The van der Waals surface area contributed by atoms with Crippen LogP contribution in [-0.2, 0) is 8.85 Å². The second-order valence-electron chi connectivity index (χ2n) is 1.86. The Morgan fingerprint density at radius 3 is 2.00 bits per heavy atom. The molecule has 0 aromatic carbocycles. The summed E-state index contributed by atoms with van der Waals surface area (Å²) in [5.74, 6) is 0. The standard InChI is InChI=1S/C7H16O2Si.H4Si/c1-4-7-10(8-5-2)9-6-3;/h4,10H,1,5-7H2,2-3H3;1H4. The average Bonchev–Trinajstić information content (AvgIpc) is 1.90. The van der Waals surface area contributed by atoms with Crippen LogP contribution in [0.4, 0.5) is 0 Å². The summed E-state index contributed by atoms with van der Waals surface area (Å²) in [6, 6.07) is 0.904. The third-order valence-electron chi connectivity index (χ3n) is 1.06. The Kier molecular flexibility index (Phi) is 12.5. The molecule has 4 heteroatoms. The molecule has 0 aliphatic heterocycles. The van der Waals surface area contributed by atoms with E-state index in [1.807, 2.05) is 19.9 Å². The van der Waals surface area contributed by atoms with E-state index >= 15 is 0 Å². The first-order valence-electron chi connectivity index (χ1n) is 3.69. The van der Waals surface area contributed by atoms with Gasteiger partial charge in [-0.1, -0.05) is 6.08 Å². The van der Waals surface area contributed by atoms with Crippen LogP contribution >= 0.6 is 0 Å². The lowest BCUT2D eigenvalue weighted by Gasteiger charge is -2.11. The van der Waals surface area contributed by atoms with Gasteiger partial charge < -0.3 is 8.85 Å². The Hall–Kier alpha value is 0.0938. The van der Waals surface area contributed by atoms with Crippen molar-refractivity contribution in [1.82, 2.24) is 0 Å². The van der Waals surface area contributed by atoms with Crippen molar-refractivity contribution in [2.75, 3.05) is 13.2 Å². The molecule has 0 amide bonds. The molecular weight excluding hydrogens is 172 g/mol. The monoisotopic (exact) mass is 192 g/mol. The van der Waals surface area contributed by atoms with Crippen molar-refractivity contribution in [2.24, 2.45) is 0 Å². The molecule has 68 valence electrons. The van der Waals surface area contributed by atoms with Gasteiger partial charge in [-0.2, -0.15) is 0 Å². The lowest BCUT2D eigenvalue weighted by molar-refractivity contribution is 0.216. The molecule has 0 aliphatic carbocycles. The highest BCUT2D eigenvalue weighted by Gasteiger charge is 2.07. The van der Waals surface area contributed by atoms with Gasteiger partial charge in [0.15, 0.2) is 0 Å². The summed E-state index contributed by atoms with van der Waals surface area (Å²) in [4.78, 5) is 0. The van der Waals surface area contributed by atoms with Crippen LogP contribution in [0.15, 0.2) is 12.7 Å². The van der Waals surface area contributed by atoms with Gasteiger partial charge >= 0.3 is 9.28 Å². The van der Waals surface area contributed by atoms with Crippen molar-refractivity contribution in [2.45, 2.75) is 19.9 Å². The van der Waals surface area contributed by atoms with Crippen LogP contribution in [0.2, 0.25) is 6.04 Å². The van der Waals surface area contributed by atoms with Gasteiger partial charge in [0.25, 0.3) is 0 Å². The third-order valence-corrected chi connectivity index (χ3v) is 3.19. The fourth-order valence-electron chi connectivity index (χ4n) is 0.692. The predicted molar refractivity (Wildman–Crippen MR) is 56.7 cm³/mol. The Labute approximate surface area is 75.5 Å². The molecule has 0 N–H and O–H groups in total. The van der Waals surface area contributed by atoms with Crippen molar-refractivity contribution in [1.29, 1.82) is 0 Å². The van der Waals surface area contributed by atoms with E-state index < -0.39 is 9.28 Å². The van der Waals surface area contributed by atoms with Crippen LogP contribution in [0.5, 0.6) is 0 Å². The topological polar surface area (TPSA) is 18.5 Å². The first-order chi connectivity index (χ1) is 4.85. The van der Waals surface area contributed by atoms with E-state index in [0.29, 0.717) is 0 Å². The van der Waals surface area contributed by atoms with E-state index in [-0.39, 0.29) is 11.0 Å². The second kappa shape index (κ2) is 10.1. The van der Waals surface area contributed by atoms with Crippen LogP contribution in [0, 0.1) is 0 Å². The molecule has 0 radical (unpaired) electrons. The molecule has 0 unspecified atom stereocenters. The van der Waals surface area contributed by atoms with Crippen molar-refractivity contribution >= 4 is 20.2 Å². The van der Waals surface area contributed by atoms with Crippen LogP contribution in [0.25, 0.3) is 0 Å². The van der Waals surface area contributed by atoms with Crippen LogP contribution < -0.4 is 0 Å². The van der Waals surface area contributed by atoms with Gasteiger partial charge in [-0.25, -0.2) is 0 Å². The molecule has 0 atom stereocenters. The molecule has 0 spiro atoms. The van der Waals surface area contributed by atoms with Crippen molar-refractivity contribution in [3.8, 4) is 0 Å². The second-order valence-corrected chi connectivity index (χ2v) is 3.86. The molecule has 0 aromatic heterocycles. The Morgan fingerprint density at radius 2 is 1.73 bits per heavy atom. The summed E-state index contributed by atoms with van der Waals surface area (Å²) in [6.45, 7) is 9.13. The molecule has 0 rings (SSSR count). The molecule has 0 heterocycles. The van der Waals surface area contributed by atoms with E-state index in [2.05, 4.69) is 6.58 Å². The summed E-state index contributed by atoms with van der Waals surface area (Å²) in [6.07, 6.45) is 1.86. The first kappa shape index (κ1) is 13.7. The normalized spacial score (nSPS) is 9.36. The maximum atomic E-state index is 5.37. The average molecular weight is 192 g/mol. The Morgan fingerprint density at radius 1 is 1.27 bits per heavy atom. The largest absolute Gasteiger partial charge is 0.397 e. The molecular formula is C7H20O2Si2. The van der Waals surface area contributed by atoms with Gasteiger partial charge in [0.2, 0.25) is 0 Å². The van der Waals surface area contributed by atoms with Gasteiger partial charge in [-0.05, 0) is 24.8 Å². The number of hydrogen-bond acceptors (Lipinski definition) is 2. The molecule has 0 aliphatic rings. The number of allylic oxidation sites excluding steroid dienone is 1. The van der Waals surface area contributed by atoms with E-state index in [0.717, 1.165) is 19.3 Å². The zero-order valence-electron chi connectivity index (χ0n) is 6.80. The van der Waals surface area contributed by atoms with Gasteiger partial charge in [0, 0.05) is 19.3 Å². The minimum Gasteiger partial charge on any atom is -0.397 e. The van der Waals surface area contributed by atoms with Crippen molar-refractivity contribution in [3.63, 3.8) is 0 Å². The summed E-state index contributed by atoms with van der Waals surface area (Å²) in [7, 11) is -1.35. The van der Waals surface area contributed by atoms with E-state index in [1.165, 1.54) is 0 Å². The molecule has 0 fully saturated rings. The van der Waals surface area contributed by atoms with E-state index in [4.69, 9.17) is 8.85 Å². The maximum absolute atomic E-state index is 5.37. The van der Waals surface area contributed by atoms with Crippen LogP contribution in [0.3, 0.4) is 0 Å². The highest BCUT2D eigenvalue weighted by atomic mass is 28.3. The number of rotatable bonds is 6. The fourth-order valence-corrected chi connectivity index (χ4v) is 2.08. The summed E-state index contributed by atoms with van der Waals surface area (Å²) >= 11 is 0. The molecule has 0 aromatic rings. The van der Waals surface area contributed by atoms with Gasteiger partial charge in [-0.15, -0.1) is 6.58 Å². The van der Waals surface area contributed by atoms with E-state index in [1.54, 1.807) is 0 Å². The molecule has 0 saturated carbocycles. The predicted octanol–water partition coefficient (Wildman–Crippen LogP) is 0.0143. The lowest BCUT2D eigenvalue weighted by atomic mass is 10.8. The third kappa shape index (κ3) is 8.00. The van der Waals surface area contributed by atoms with Crippen LogP contribution in [0.1, 0.15) is 13.8 Å². The van der Waals surface area contributed by atoms with E-state index in [9.17, 15) is 0 Å². The minimum absolute atomic E-state index is 0. The SMILES string of the molecule is C=CC[SiH](OCC)OCC.[SiH4]. The number of hydrogen-bond donors (Lipinski definition) is 0. The Balaban J connectivity index is 0. The smallest absolute Gasteiger partial charge is 0.325 e. The quantitative estimate of drug-likeness (QED) is 0.436. The molecule has 0 bridgehead atoms. The summed E-state index contributed by atoms with van der Waals surface area (Å²) in [5, 5.41) is 0. The zero-order chi connectivity index (χ0) is 7.82. The van der Waals surface area contributed by atoms with Gasteiger partial charge in [0.05, 0.1) is 0 Å². The van der Waals surface area contributed by atoms with Gasteiger partial charge in [0.1, 0.15) is 0 Å². The lowest BCUT2D eigenvalue weighted by Crippen LogP contribution is -2.21. The summed E-state index contributed by atoms with van der Waals surface area (Å²) < 4.78 is 10.7. The minimum atomic E-state index is -1.35. The first-order valence-corrected chi connectivity index (χ1v) is 5.45. The van der Waals surface area contributed by atoms with Crippen LogP contribution in [-0.4, -0.2) is 33.5 Å². The van der Waals surface area contributed by atoms with Crippen molar-refractivity contribution < 1.29 is 8.85 Å². The zero-order valence-corrected chi connectivity index (χ0v) is 7.95. The molecule has 11 heavy (non-hydrogen) atoms. The summed E-state index contributed by atoms with van der Waals surface area (Å²) in [5.41, 5.74) is 0. The maximum Gasteiger partial charge on any atom is 0.325 e. The Bertz CT molecular complexity index is 82.5.